The minimum atomic E-state index is -0.943. The van der Waals surface area contributed by atoms with Crippen molar-refractivity contribution in [3.05, 3.63) is 59.2 Å². The third kappa shape index (κ3) is 3.39. The predicted octanol–water partition coefficient (Wildman–Crippen LogP) is 2.12. The van der Waals surface area contributed by atoms with E-state index in [9.17, 15) is 4.79 Å². The highest BCUT2D eigenvalue weighted by atomic mass is 16.4. The van der Waals surface area contributed by atoms with Crippen LogP contribution in [0.1, 0.15) is 27.2 Å². The van der Waals surface area contributed by atoms with E-state index in [4.69, 9.17) is 5.11 Å². The molecule has 0 bridgehead atoms. The fourth-order valence-corrected chi connectivity index (χ4v) is 2.04. The van der Waals surface area contributed by atoms with Crippen LogP contribution in [0.5, 0.6) is 0 Å². The van der Waals surface area contributed by atoms with E-state index in [2.05, 4.69) is 9.97 Å². The fourth-order valence-electron chi connectivity index (χ4n) is 2.04. The Labute approximate surface area is 117 Å². The molecule has 0 aliphatic rings. The molecule has 2 aromatic rings. The number of aromatic nitrogens is 2. The van der Waals surface area contributed by atoms with E-state index in [-0.39, 0.29) is 5.56 Å². The Morgan fingerprint density at radius 3 is 2.80 bits per heavy atom. The SMILES string of the molecule is Cc1cnccc1CN(C)Cc1ncccc1C(=O)O. The van der Waals surface area contributed by atoms with Gasteiger partial charge in [-0.3, -0.25) is 14.9 Å². The maximum Gasteiger partial charge on any atom is 0.337 e. The van der Waals surface area contributed by atoms with Gasteiger partial charge in [0.05, 0.1) is 11.3 Å². The van der Waals surface area contributed by atoms with E-state index >= 15 is 0 Å². The van der Waals surface area contributed by atoms with Crippen LogP contribution in [0, 0.1) is 6.92 Å². The van der Waals surface area contributed by atoms with Crippen molar-refractivity contribution in [3.8, 4) is 0 Å². The first kappa shape index (κ1) is 14.1. The number of nitrogens with zero attached hydrogens (tertiary/aromatic N) is 3. The highest BCUT2D eigenvalue weighted by molar-refractivity contribution is 5.88. The van der Waals surface area contributed by atoms with Gasteiger partial charge in [-0.05, 0) is 43.3 Å². The molecular formula is C15H17N3O2. The quantitative estimate of drug-likeness (QED) is 0.902. The average Bonchev–Trinajstić information content (AvgIpc) is 2.41. The van der Waals surface area contributed by atoms with Crippen molar-refractivity contribution < 1.29 is 9.90 Å². The van der Waals surface area contributed by atoms with Crippen LogP contribution < -0.4 is 0 Å². The summed E-state index contributed by atoms with van der Waals surface area (Å²) in [5, 5.41) is 9.15. The maximum absolute atomic E-state index is 11.1. The number of hydrogen-bond acceptors (Lipinski definition) is 4. The van der Waals surface area contributed by atoms with Crippen LogP contribution in [0.2, 0.25) is 0 Å². The van der Waals surface area contributed by atoms with Crippen molar-refractivity contribution in [1.82, 2.24) is 14.9 Å². The first-order valence-electron chi connectivity index (χ1n) is 6.33. The highest BCUT2D eigenvalue weighted by Gasteiger charge is 2.12. The van der Waals surface area contributed by atoms with Crippen molar-refractivity contribution in [3.63, 3.8) is 0 Å². The van der Waals surface area contributed by atoms with Crippen LogP contribution in [-0.2, 0) is 13.1 Å². The van der Waals surface area contributed by atoms with Gasteiger partial charge in [0.1, 0.15) is 0 Å². The van der Waals surface area contributed by atoms with Gasteiger partial charge in [0, 0.05) is 31.7 Å². The van der Waals surface area contributed by atoms with E-state index in [1.54, 1.807) is 24.5 Å². The number of rotatable bonds is 5. The minimum Gasteiger partial charge on any atom is -0.478 e. The molecule has 2 rings (SSSR count). The number of aryl methyl sites for hydroxylation is 1. The summed E-state index contributed by atoms with van der Waals surface area (Å²) in [6, 6.07) is 5.19. The van der Waals surface area contributed by atoms with Gasteiger partial charge in [-0.1, -0.05) is 0 Å². The van der Waals surface area contributed by atoms with Gasteiger partial charge < -0.3 is 5.11 Å². The van der Waals surface area contributed by atoms with E-state index in [1.807, 2.05) is 31.1 Å². The van der Waals surface area contributed by atoms with Crippen LogP contribution >= 0.6 is 0 Å². The molecule has 0 unspecified atom stereocenters. The first-order valence-corrected chi connectivity index (χ1v) is 6.33. The largest absolute Gasteiger partial charge is 0.478 e. The fraction of sp³-hybridized carbons (Fsp3) is 0.267. The number of aromatic carboxylic acids is 1. The van der Waals surface area contributed by atoms with Gasteiger partial charge >= 0.3 is 5.97 Å². The first-order chi connectivity index (χ1) is 9.58. The summed E-state index contributed by atoms with van der Waals surface area (Å²) in [6.45, 7) is 3.23. The standard InChI is InChI=1S/C15H17N3O2/c1-11-8-16-7-5-12(11)9-18(2)10-14-13(15(19)20)4-3-6-17-14/h3-8H,9-10H2,1-2H3,(H,19,20). The number of carboxylic acids is 1. The molecule has 0 spiro atoms. The molecule has 0 amide bonds. The van der Waals surface area contributed by atoms with Crippen LogP contribution in [-0.4, -0.2) is 33.0 Å². The molecule has 1 N–H and O–H groups in total. The van der Waals surface area contributed by atoms with Crippen molar-refractivity contribution in [1.29, 1.82) is 0 Å². The number of hydrogen-bond donors (Lipinski definition) is 1. The van der Waals surface area contributed by atoms with Crippen LogP contribution in [0.15, 0.2) is 36.8 Å². The summed E-state index contributed by atoms with van der Waals surface area (Å²) < 4.78 is 0. The van der Waals surface area contributed by atoms with Crippen molar-refractivity contribution in [2.75, 3.05) is 7.05 Å². The lowest BCUT2D eigenvalue weighted by molar-refractivity contribution is 0.0694. The van der Waals surface area contributed by atoms with E-state index in [1.165, 1.54) is 5.56 Å². The summed E-state index contributed by atoms with van der Waals surface area (Å²) in [4.78, 5) is 21.4. The Hall–Kier alpha value is -2.27. The van der Waals surface area contributed by atoms with Crippen molar-refractivity contribution in [2.24, 2.45) is 0 Å². The zero-order valence-electron chi connectivity index (χ0n) is 11.6. The molecule has 0 aliphatic carbocycles. The molecule has 20 heavy (non-hydrogen) atoms. The molecule has 0 atom stereocenters. The zero-order valence-corrected chi connectivity index (χ0v) is 11.6. The summed E-state index contributed by atoms with van der Waals surface area (Å²) in [6.07, 6.45) is 5.21. The van der Waals surface area contributed by atoms with Gasteiger partial charge in [0.25, 0.3) is 0 Å². The average molecular weight is 271 g/mol. The van der Waals surface area contributed by atoms with Gasteiger partial charge in [0.2, 0.25) is 0 Å². The molecule has 0 fully saturated rings. The zero-order chi connectivity index (χ0) is 14.5. The Morgan fingerprint density at radius 2 is 2.10 bits per heavy atom. The highest BCUT2D eigenvalue weighted by Crippen LogP contribution is 2.12. The second-order valence-corrected chi connectivity index (χ2v) is 4.78. The molecule has 2 heterocycles. The minimum absolute atomic E-state index is 0.255. The van der Waals surface area contributed by atoms with E-state index in [0.717, 1.165) is 12.1 Å². The van der Waals surface area contributed by atoms with Gasteiger partial charge in [-0.15, -0.1) is 0 Å². The summed E-state index contributed by atoms with van der Waals surface area (Å²) in [7, 11) is 1.94. The van der Waals surface area contributed by atoms with Crippen LogP contribution in [0.3, 0.4) is 0 Å². The van der Waals surface area contributed by atoms with E-state index < -0.39 is 5.97 Å². The van der Waals surface area contributed by atoms with Gasteiger partial charge in [0.15, 0.2) is 0 Å². The lowest BCUT2D eigenvalue weighted by atomic mass is 10.1. The molecule has 0 aliphatic heterocycles. The maximum atomic E-state index is 11.1. The van der Waals surface area contributed by atoms with Crippen molar-refractivity contribution >= 4 is 5.97 Å². The number of carbonyl (C=O) groups is 1. The molecule has 0 saturated carbocycles. The Balaban J connectivity index is 2.11. The monoisotopic (exact) mass is 271 g/mol. The molecule has 0 saturated heterocycles. The molecule has 0 aromatic carbocycles. The Kier molecular flexibility index (Phi) is 4.42. The van der Waals surface area contributed by atoms with Crippen LogP contribution in [0.4, 0.5) is 0 Å². The summed E-state index contributed by atoms with van der Waals surface area (Å²) in [5.74, 6) is -0.943. The summed E-state index contributed by atoms with van der Waals surface area (Å²) in [5.41, 5.74) is 3.13. The Morgan fingerprint density at radius 1 is 1.30 bits per heavy atom. The lowest BCUT2D eigenvalue weighted by Gasteiger charge is -2.18. The topological polar surface area (TPSA) is 66.3 Å². The number of pyridine rings is 2. The molecule has 5 heteroatoms. The predicted molar refractivity (Wildman–Crippen MR) is 75.3 cm³/mol. The molecule has 2 aromatic heterocycles. The normalized spacial score (nSPS) is 10.8. The second-order valence-electron chi connectivity index (χ2n) is 4.78. The number of carboxylic acid groups (broad SMARTS) is 1. The molecular weight excluding hydrogens is 254 g/mol. The molecule has 0 radical (unpaired) electrons. The van der Waals surface area contributed by atoms with E-state index in [0.29, 0.717) is 12.2 Å². The third-order valence-electron chi connectivity index (χ3n) is 3.12. The smallest absolute Gasteiger partial charge is 0.337 e. The third-order valence-corrected chi connectivity index (χ3v) is 3.12. The lowest BCUT2D eigenvalue weighted by Crippen LogP contribution is -2.20. The Bertz CT molecular complexity index is 614. The van der Waals surface area contributed by atoms with Crippen molar-refractivity contribution in [2.45, 2.75) is 20.0 Å². The van der Waals surface area contributed by atoms with Crippen LogP contribution in [0.25, 0.3) is 0 Å². The van der Waals surface area contributed by atoms with Gasteiger partial charge in [-0.25, -0.2) is 4.79 Å². The second kappa shape index (κ2) is 6.25. The summed E-state index contributed by atoms with van der Waals surface area (Å²) >= 11 is 0. The molecule has 5 nitrogen and oxygen atoms in total. The molecule has 104 valence electrons. The van der Waals surface area contributed by atoms with Gasteiger partial charge in [-0.2, -0.15) is 0 Å².